The first kappa shape index (κ1) is 14.4. The van der Waals surface area contributed by atoms with Crippen LogP contribution in [-0.4, -0.2) is 22.7 Å². The summed E-state index contributed by atoms with van der Waals surface area (Å²) >= 11 is 3.49. The molecule has 1 aliphatic rings. The minimum atomic E-state index is 0.539. The summed E-state index contributed by atoms with van der Waals surface area (Å²) in [6, 6.07) is 6.61. The first-order valence-corrected chi connectivity index (χ1v) is 8.21. The summed E-state index contributed by atoms with van der Waals surface area (Å²) in [4.78, 5) is 4.46. The van der Waals surface area contributed by atoms with Gasteiger partial charge in [0, 0.05) is 24.5 Å². The van der Waals surface area contributed by atoms with Crippen LogP contribution in [0.15, 0.2) is 35.1 Å². The molecule has 0 bridgehead atoms. The lowest BCUT2D eigenvalue weighted by atomic mass is 9.96. The average molecular weight is 350 g/mol. The highest BCUT2D eigenvalue weighted by Crippen LogP contribution is 2.29. The lowest BCUT2D eigenvalue weighted by Gasteiger charge is -2.23. The number of rotatable bonds is 4. The van der Waals surface area contributed by atoms with Crippen LogP contribution >= 0.6 is 15.9 Å². The van der Waals surface area contributed by atoms with Gasteiger partial charge in [-0.1, -0.05) is 19.3 Å². The van der Waals surface area contributed by atoms with Crippen molar-refractivity contribution in [1.82, 2.24) is 9.55 Å². The van der Waals surface area contributed by atoms with Crippen molar-refractivity contribution in [2.45, 2.75) is 38.1 Å². The van der Waals surface area contributed by atoms with Crippen LogP contribution < -0.4 is 10.1 Å². The smallest absolute Gasteiger partial charge is 0.207 e. The maximum absolute atomic E-state index is 5.37. The number of imidazole rings is 1. The van der Waals surface area contributed by atoms with Crippen LogP contribution in [0.2, 0.25) is 0 Å². The van der Waals surface area contributed by atoms with E-state index >= 15 is 0 Å². The van der Waals surface area contributed by atoms with Crippen molar-refractivity contribution in [2.75, 3.05) is 12.4 Å². The maximum Gasteiger partial charge on any atom is 0.207 e. The summed E-state index contributed by atoms with van der Waals surface area (Å²) in [7, 11) is 1.68. The normalized spacial score (nSPS) is 15.9. The molecule has 1 aromatic carbocycles. The highest BCUT2D eigenvalue weighted by atomic mass is 79.9. The van der Waals surface area contributed by atoms with Gasteiger partial charge in [-0.3, -0.25) is 4.57 Å². The highest BCUT2D eigenvalue weighted by Gasteiger charge is 2.16. The number of ether oxygens (including phenoxy) is 1. The van der Waals surface area contributed by atoms with Crippen LogP contribution in [0.4, 0.5) is 5.95 Å². The van der Waals surface area contributed by atoms with E-state index in [2.05, 4.69) is 36.9 Å². The van der Waals surface area contributed by atoms with E-state index in [9.17, 15) is 0 Å². The zero-order valence-electron chi connectivity index (χ0n) is 12.2. The van der Waals surface area contributed by atoms with Crippen LogP contribution in [-0.2, 0) is 0 Å². The van der Waals surface area contributed by atoms with E-state index in [0.717, 1.165) is 21.9 Å². The number of nitrogens with zero attached hydrogens (tertiary/aromatic N) is 2. The van der Waals surface area contributed by atoms with Gasteiger partial charge in [0.2, 0.25) is 5.95 Å². The fourth-order valence-corrected chi connectivity index (χ4v) is 3.25. The lowest BCUT2D eigenvalue weighted by Crippen LogP contribution is -2.24. The molecule has 1 aromatic heterocycles. The van der Waals surface area contributed by atoms with Crippen molar-refractivity contribution in [3.63, 3.8) is 0 Å². The Labute approximate surface area is 133 Å². The second-order valence-corrected chi connectivity index (χ2v) is 6.27. The van der Waals surface area contributed by atoms with Crippen LogP contribution in [0.3, 0.4) is 0 Å². The van der Waals surface area contributed by atoms with Gasteiger partial charge in [-0.25, -0.2) is 4.98 Å². The molecule has 0 radical (unpaired) electrons. The fourth-order valence-electron chi connectivity index (χ4n) is 2.85. The topological polar surface area (TPSA) is 39.1 Å². The number of methoxy groups -OCH3 is 1. The van der Waals surface area contributed by atoms with E-state index in [1.807, 2.05) is 24.5 Å². The number of halogens is 1. The van der Waals surface area contributed by atoms with Crippen molar-refractivity contribution in [1.29, 1.82) is 0 Å². The number of nitrogens with one attached hydrogen (secondary N) is 1. The molecule has 1 aliphatic carbocycles. The van der Waals surface area contributed by atoms with Crippen LogP contribution in [0.25, 0.3) is 5.69 Å². The molecule has 1 saturated carbocycles. The Kier molecular flexibility index (Phi) is 4.48. The molecule has 0 amide bonds. The molecule has 21 heavy (non-hydrogen) atoms. The summed E-state index contributed by atoms with van der Waals surface area (Å²) in [6.07, 6.45) is 10.3. The van der Waals surface area contributed by atoms with E-state index in [1.54, 1.807) is 7.11 Å². The van der Waals surface area contributed by atoms with E-state index in [-0.39, 0.29) is 0 Å². The highest BCUT2D eigenvalue weighted by molar-refractivity contribution is 9.10. The zero-order chi connectivity index (χ0) is 14.7. The summed E-state index contributed by atoms with van der Waals surface area (Å²) in [6.45, 7) is 0. The molecule has 1 fully saturated rings. The first-order valence-electron chi connectivity index (χ1n) is 7.42. The van der Waals surface area contributed by atoms with Crippen molar-refractivity contribution in [3.05, 3.63) is 35.1 Å². The van der Waals surface area contributed by atoms with E-state index in [4.69, 9.17) is 4.74 Å². The van der Waals surface area contributed by atoms with Gasteiger partial charge in [0.1, 0.15) is 5.75 Å². The Morgan fingerprint density at radius 2 is 2.10 bits per heavy atom. The number of anilines is 1. The largest absolute Gasteiger partial charge is 0.495 e. The van der Waals surface area contributed by atoms with Crippen molar-refractivity contribution < 1.29 is 4.74 Å². The van der Waals surface area contributed by atoms with Crippen molar-refractivity contribution in [3.8, 4) is 11.4 Å². The Morgan fingerprint density at radius 3 is 2.86 bits per heavy atom. The SMILES string of the molecule is COc1cc(-n2ccnc2NC2CCCCC2)ccc1Br. The Balaban J connectivity index is 1.84. The van der Waals surface area contributed by atoms with Crippen molar-refractivity contribution in [2.24, 2.45) is 0 Å². The summed E-state index contributed by atoms with van der Waals surface area (Å²) in [5, 5.41) is 3.58. The summed E-state index contributed by atoms with van der Waals surface area (Å²) < 4.78 is 8.40. The Morgan fingerprint density at radius 1 is 1.29 bits per heavy atom. The Bertz CT molecular complexity index is 605. The molecule has 2 aromatic rings. The number of hydrogen-bond donors (Lipinski definition) is 1. The van der Waals surface area contributed by atoms with Gasteiger partial charge >= 0.3 is 0 Å². The molecular weight excluding hydrogens is 330 g/mol. The Hall–Kier alpha value is -1.49. The molecule has 4 nitrogen and oxygen atoms in total. The molecule has 112 valence electrons. The predicted octanol–water partition coefficient (Wildman–Crippen LogP) is 4.39. The van der Waals surface area contributed by atoms with Crippen LogP contribution in [0.1, 0.15) is 32.1 Å². The molecule has 5 heteroatoms. The van der Waals surface area contributed by atoms with Gasteiger partial charge in [-0.05, 0) is 40.9 Å². The van der Waals surface area contributed by atoms with Gasteiger partial charge in [0.05, 0.1) is 17.3 Å². The molecule has 0 unspecified atom stereocenters. The third-order valence-electron chi connectivity index (χ3n) is 3.99. The maximum atomic E-state index is 5.37. The predicted molar refractivity (Wildman–Crippen MR) is 88.3 cm³/mol. The van der Waals surface area contributed by atoms with Gasteiger partial charge in [0.15, 0.2) is 0 Å². The summed E-state index contributed by atoms with van der Waals surface area (Å²) in [5.41, 5.74) is 1.05. The van der Waals surface area contributed by atoms with E-state index in [0.29, 0.717) is 6.04 Å². The van der Waals surface area contributed by atoms with E-state index < -0.39 is 0 Å². The average Bonchev–Trinajstić information content (AvgIpc) is 2.97. The molecule has 0 saturated heterocycles. The van der Waals surface area contributed by atoms with Crippen LogP contribution in [0, 0.1) is 0 Å². The quantitative estimate of drug-likeness (QED) is 0.889. The molecular formula is C16H20BrN3O. The van der Waals surface area contributed by atoms with Crippen molar-refractivity contribution >= 4 is 21.9 Å². The minimum absolute atomic E-state index is 0.539. The second-order valence-electron chi connectivity index (χ2n) is 5.42. The minimum Gasteiger partial charge on any atom is -0.495 e. The summed E-state index contributed by atoms with van der Waals surface area (Å²) in [5.74, 6) is 1.73. The molecule has 0 spiro atoms. The van der Waals surface area contributed by atoms with Gasteiger partial charge in [-0.2, -0.15) is 0 Å². The fraction of sp³-hybridized carbons (Fsp3) is 0.438. The lowest BCUT2D eigenvalue weighted by molar-refractivity contribution is 0.412. The standard InChI is InChI=1S/C16H20BrN3O/c1-21-15-11-13(7-8-14(15)17)20-10-9-18-16(20)19-12-5-3-2-4-6-12/h7-12H,2-6H2,1H3,(H,18,19). The monoisotopic (exact) mass is 349 g/mol. The third kappa shape index (κ3) is 3.23. The number of benzene rings is 1. The number of hydrogen-bond acceptors (Lipinski definition) is 3. The molecule has 0 atom stereocenters. The molecule has 1 heterocycles. The molecule has 3 rings (SSSR count). The first-order chi connectivity index (χ1) is 10.3. The zero-order valence-corrected chi connectivity index (χ0v) is 13.8. The van der Waals surface area contributed by atoms with Crippen LogP contribution in [0.5, 0.6) is 5.75 Å². The molecule has 1 N–H and O–H groups in total. The van der Waals surface area contributed by atoms with E-state index in [1.165, 1.54) is 32.1 Å². The number of aromatic nitrogens is 2. The van der Waals surface area contributed by atoms with Gasteiger partial charge in [0.25, 0.3) is 0 Å². The second kappa shape index (κ2) is 6.52. The molecule has 0 aliphatic heterocycles. The third-order valence-corrected chi connectivity index (χ3v) is 4.65. The van der Waals surface area contributed by atoms with Gasteiger partial charge in [-0.15, -0.1) is 0 Å². The van der Waals surface area contributed by atoms with Gasteiger partial charge < -0.3 is 10.1 Å².